The number of benzene rings is 1. The van der Waals surface area contributed by atoms with Crippen LogP contribution < -0.4 is 10.1 Å². The van der Waals surface area contributed by atoms with Gasteiger partial charge < -0.3 is 15.2 Å². The van der Waals surface area contributed by atoms with Gasteiger partial charge in [-0.2, -0.15) is 18.3 Å². The van der Waals surface area contributed by atoms with E-state index >= 15 is 0 Å². The van der Waals surface area contributed by atoms with Gasteiger partial charge in [0.1, 0.15) is 17.3 Å². The highest BCUT2D eigenvalue weighted by atomic mass is 79.9. The van der Waals surface area contributed by atoms with Crippen LogP contribution in [0.4, 0.5) is 19.0 Å². The topological polar surface area (TPSA) is 59.3 Å². The second-order valence-electron chi connectivity index (χ2n) is 5.48. The van der Waals surface area contributed by atoms with Gasteiger partial charge in [0.2, 0.25) is 0 Å². The SMILES string of the molecule is COc1ccc(C2CC(C(F)(F)F)n3nc(CO)c(Br)c3N2)cc1. The van der Waals surface area contributed by atoms with Crippen molar-refractivity contribution in [1.29, 1.82) is 0 Å². The maximum atomic E-state index is 13.5. The molecule has 0 saturated heterocycles. The Labute approximate surface area is 144 Å². The Kier molecular flexibility index (Phi) is 4.48. The molecule has 2 N–H and O–H groups in total. The number of hydrogen-bond acceptors (Lipinski definition) is 4. The highest BCUT2D eigenvalue weighted by Gasteiger charge is 2.47. The van der Waals surface area contributed by atoms with E-state index in [1.165, 1.54) is 7.11 Å². The Bertz CT molecular complexity index is 731. The molecule has 0 aliphatic carbocycles. The first-order valence-electron chi connectivity index (χ1n) is 7.20. The number of aliphatic hydroxyl groups excluding tert-OH is 1. The number of nitrogens with zero attached hydrogens (tertiary/aromatic N) is 2. The summed E-state index contributed by atoms with van der Waals surface area (Å²) in [6.07, 6.45) is -4.64. The summed E-state index contributed by atoms with van der Waals surface area (Å²) in [5.41, 5.74) is 0.886. The van der Waals surface area contributed by atoms with Gasteiger partial charge in [0.05, 0.1) is 24.2 Å². The summed E-state index contributed by atoms with van der Waals surface area (Å²) in [4.78, 5) is 0. The number of nitrogens with one attached hydrogen (secondary N) is 1. The van der Waals surface area contributed by atoms with Gasteiger partial charge in [-0.05, 0) is 33.6 Å². The number of hydrogen-bond donors (Lipinski definition) is 2. The zero-order chi connectivity index (χ0) is 17.5. The fourth-order valence-corrected chi connectivity index (χ4v) is 3.29. The van der Waals surface area contributed by atoms with Crippen LogP contribution in [-0.4, -0.2) is 28.2 Å². The number of aromatic nitrogens is 2. The van der Waals surface area contributed by atoms with Gasteiger partial charge in [-0.15, -0.1) is 0 Å². The number of fused-ring (bicyclic) bond motifs is 1. The van der Waals surface area contributed by atoms with Crippen molar-refractivity contribution in [2.75, 3.05) is 12.4 Å². The standard InChI is InChI=1S/C15H15BrF3N3O2/c1-24-9-4-2-8(3-5-9)10-6-12(15(17,18)19)22-14(20-10)13(16)11(7-23)21-22/h2-5,10,12,20,23H,6-7H2,1H3. The van der Waals surface area contributed by atoms with E-state index in [0.29, 0.717) is 10.2 Å². The molecule has 2 aromatic rings. The van der Waals surface area contributed by atoms with Crippen molar-refractivity contribution in [3.8, 4) is 5.75 Å². The summed E-state index contributed by atoms with van der Waals surface area (Å²) in [6.45, 7) is -0.444. The lowest BCUT2D eigenvalue weighted by molar-refractivity contribution is -0.173. The normalized spacial score (nSPS) is 20.4. The predicted octanol–water partition coefficient (Wildman–Crippen LogP) is 3.81. The third-order valence-corrected chi connectivity index (χ3v) is 4.86. The number of alkyl halides is 3. The summed E-state index contributed by atoms with van der Waals surface area (Å²) in [7, 11) is 1.53. The van der Waals surface area contributed by atoms with Crippen LogP contribution in [0.5, 0.6) is 5.75 Å². The molecule has 0 amide bonds. The molecule has 2 atom stereocenters. The van der Waals surface area contributed by atoms with E-state index in [9.17, 15) is 18.3 Å². The third-order valence-electron chi connectivity index (χ3n) is 4.03. The van der Waals surface area contributed by atoms with Crippen LogP contribution >= 0.6 is 15.9 Å². The van der Waals surface area contributed by atoms with Crippen LogP contribution in [0.3, 0.4) is 0 Å². The molecule has 0 bridgehead atoms. The molecule has 5 nitrogen and oxygen atoms in total. The Morgan fingerprint density at radius 3 is 2.58 bits per heavy atom. The first-order chi connectivity index (χ1) is 11.3. The van der Waals surface area contributed by atoms with Crippen molar-refractivity contribution in [2.24, 2.45) is 0 Å². The van der Waals surface area contributed by atoms with E-state index in [1.807, 2.05) is 0 Å². The van der Waals surface area contributed by atoms with Gasteiger partial charge in [-0.25, -0.2) is 4.68 Å². The average Bonchev–Trinajstić information content (AvgIpc) is 2.89. The molecule has 1 aliphatic rings. The number of aliphatic hydroxyl groups is 1. The van der Waals surface area contributed by atoms with E-state index in [0.717, 1.165) is 10.2 Å². The molecule has 1 aromatic carbocycles. The molecular weight excluding hydrogens is 391 g/mol. The average molecular weight is 406 g/mol. The second kappa shape index (κ2) is 6.29. The maximum absolute atomic E-state index is 13.5. The Balaban J connectivity index is 2.01. The number of anilines is 1. The van der Waals surface area contributed by atoms with Crippen LogP contribution in [0.2, 0.25) is 0 Å². The molecule has 0 radical (unpaired) electrons. The van der Waals surface area contributed by atoms with Crippen molar-refractivity contribution in [3.05, 3.63) is 40.0 Å². The van der Waals surface area contributed by atoms with Crippen LogP contribution in [0.25, 0.3) is 0 Å². The summed E-state index contributed by atoms with van der Waals surface area (Å²) in [5, 5.41) is 16.2. The molecule has 130 valence electrons. The first kappa shape index (κ1) is 17.1. The van der Waals surface area contributed by atoms with E-state index in [2.05, 4.69) is 26.3 Å². The quantitative estimate of drug-likeness (QED) is 0.814. The Morgan fingerprint density at radius 1 is 1.38 bits per heavy atom. The number of ether oxygens (including phenoxy) is 1. The molecule has 0 saturated carbocycles. The number of rotatable bonds is 3. The molecule has 3 rings (SSSR count). The zero-order valence-electron chi connectivity index (χ0n) is 12.6. The fraction of sp³-hybridized carbons (Fsp3) is 0.400. The van der Waals surface area contributed by atoms with Crippen LogP contribution in [0, 0.1) is 0 Å². The number of methoxy groups -OCH3 is 1. The zero-order valence-corrected chi connectivity index (χ0v) is 14.2. The van der Waals surface area contributed by atoms with Gasteiger partial charge in [-0.1, -0.05) is 12.1 Å². The van der Waals surface area contributed by atoms with Gasteiger partial charge in [0, 0.05) is 6.42 Å². The van der Waals surface area contributed by atoms with Crippen molar-refractivity contribution < 1.29 is 23.0 Å². The van der Waals surface area contributed by atoms with Gasteiger partial charge in [-0.3, -0.25) is 0 Å². The van der Waals surface area contributed by atoms with Gasteiger partial charge in [0.25, 0.3) is 0 Å². The summed E-state index contributed by atoms with van der Waals surface area (Å²) in [6, 6.07) is 4.58. The smallest absolute Gasteiger partial charge is 0.410 e. The molecule has 0 fully saturated rings. The van der Waals surface area contributed by atoms with E-state index in [4.69, 9.17) is 4.74 Å². The molecule has 1 aromatic heterocycles. The van der Waals surface area contributed by atoms with Crippen LogP contribution in [0.15, 0.2) is 28.7 Å². The summed E-state index contributed by atoms with van der Waals surface area (Å²) in [5.74, 6) is 0.851. The summed E-state index contributed by atoms with van der Waals surface area (Å²) < 4.78 is 46.8. The molecule has 2 unspecified atom stereocenters. The van der Waals surface area contributed by atoms with Crippen molar-refractivity contribution in [3.63, 3.8) is 0 Å². The molecular formula is C15H15BrF3N3O2. The van der Waals surface area contributed by atoms with E-state index in [-0.39, 0.29) is 17.9 Å². The highest BCUT2D eigenvalue weighted by molar-refractivity contribution is 9.10. The molecule has 0 spiro atoms. The van der Waals surface area contributed by atoms with E-state index in [1.54, 1.807) is 24.3 Å². The van der Waals surface area contributed by atoms with E-state index < -0.39 is 24.9 Å². The monoisotopic (exact) mass is 405 g/mol. The molecule has 9 heteroatoms. The van der Waals surface area contributed by atoms with Gasteiger partial charge in [0.15, 0.2) is 6.04 Å². The molecule has 2 heterocycles. The van der Waals surface area contributed by atoms with Crippen molar-refractivity contribution in [2.45, 2.75) is 31.3 Å². The van der Waals surface area contributed by atoms with Crippen LogP contribution in [0.1, 0.15) is 29.8 Å². The minimum Gasteiger partial charge on any atom is -0.497 e. The highest BCUT2D eigenvalue weighted by Crippen LogP contribution is 2.46. The molecule has 24 heavy (non-hydrogen) atoms. The summed E-state index contributed by atoms with van der Waals surface area (Å²) >= 11 is 3.22. The van der Waals surface area contributed by atoms with Gasteiger partial charge >= 0.3 is 6.18 Å². The van der Waals surface area contributed by atoms with Crippen molar-refractivity contribution in [1.82, 2.24) is 9.78 Å². The minimum atomic E-state index is -4.44. The lowest BCUT2D eigenvalue weighted by Gasteiger charge is -2.33. The third kappa shape index (κ3) is 2.98. The largest absolute Gasteiger partial charge is 0.497 e. The first-order valence-corrected chi connectivity index (χ1v) is 7.99. The van der Waals surface area contributed by atoms with Crippen molar-refractivity contribution >= 4 is 21.7 Å². The lowest BCUT2D eigenvalue weighted by Crippen LogP contribution is -2.35. The number of halogens is 4. The lowest BCUT2D eigenvalue weighted by atomic mass is 9.97. The predicted molar refractivity (Wildman–Crippen MR) is 84.9 cm³/mol. The minimum absolute atomic E-state index is 0.169. The Morgan fingerprint density at radius 2 is 2.04 bits per heavy atom. The second-order valence-corrected chi connectivity index (χ2v) is 6.27. The van der Waals surface area contributed by atoms with Crippen LogP contribution in [-0.2, 0) is 6.61 Å². The Hall–Kier alpha value is -1.74. The fourth-order valence-electron chi connectivity index (χ4n) is 2.79. The molecule has 1 aliphatic heterocycles. The maximum Gasteiger partial charge on any atom is 0.410 e.